The molecule has 0 aliphatic rings. The predicted octanol–water partition coefficient (Wildman–Crippen LogP) is 1.54. The molecule has 4 nitrogen and oxygen atoms in total. The summed E-state index contributed by atoms with van der Waals surface area (Å²) in [5.74, 6) is 0. The van der Waals surface area contributed by atoms with Gasteiger partial charge >= 0.3 is 0 Å². The smallest absolute Gasteiger partial charge is 0.282 e. The number of nitriles is 2. The number of aromatic nitrogens is 1. The number of nitrogens with two attached hydrogens (primary N) is 1. The first-order valence-corrected chi connectivity index (χ1v) is 3.94. The van der Waals surface area contributed by atoms with Gasteiger partial charge in [0.2, 0.25) is 0 Å². The van der Waals surface area contributed by atoms with E-state index in [1.54, 1.807) is 12.1 Å². The summed E-state index contributed by atoms with van der Waals surface area (Å²) in [6.45, 7) is 0. The van der Waals surface area contributed by atoms with Crippen LogP contribution in [-0.2, 0) is 6.42 Å². The second kappa shape index (κ2) is 4.34. The van der Waals surface area contributed by atoms with Crippen LogP contribution in [0.5, 0.6) is 0 Å². The average molecular weight is 208 g/mol. The SMILES string of the molecule is N#CCc1cc(C#N)nc(C(F)F)c1N. The van der Waals surface area contributed by atoms with Gasteiger partial charge in [-0.1, -0.05) is 0 Å². The Morgan fingerprint density at radius 1 is 1.47 bits per heavy atom. The maximum absolute atomic E-state index is 12.4. The number of rotatable bonds is 2. The third kappa shape index (κ3) is 2.18. The van der Waals surface area contributed by atoms with Gasteiger partial charge in [0, 0.05) is 0 Å². The minimum Gasteiger partial charge on any atom is -0.397 e. The van der Waals surface area contributed by atoms with Crippen LogP contribution in [0.2, 0.25) is 0 Å². The molecule has 0 aromatic carbocycles. The molecule has 0 radical (unpaired) electrons. The fraction of sp³-hybridized carbons (Fsp3) is 0.222. The number of nitrogen functional groups attached to an aromatic ring is 1. The van der Waals surface area contributed by atoms with Crippen molar-refractivity contribution in [3.63, 3.8) is 0 Å². The van der Waals surface area contributed by atoms with E-state index < -0.39 is 12.1 Å². The molecule has 0 saturated heterocycles. The first-order chi connectivity index (χ1) is 7.10. The van der Waals surface area contributed by atoms with E-state index >= 15 is 0 Å². The monoisotopic (exact) mass is 208 g/mol. The van der Waals surface area contributed by atoms with Crippen LogP contribution in [0.4, 0.5) is 14.5 Å². The van der Waals surface area contributed by atoms with Gasteiger partial charge < -0.3 is 5.73 Å². The normalized spacial score (nSPS) is 9.67. The molecular formula is C9H6F2N4. The summed E-state index contributed by atoms with van der Waals surface area (Å²) in [5, 5.41) is 17.0. The zero-order valence-electron chi connectivity index (χ0n) is 7.54. The summed E-state index contributed by atoms with van der Waals surface area (Å²) in [5.41, 5.74) is 4.58. The van der Waals surface area contributed by atoms with Crippen LogP contribution < -0.4 is 5.73 Å². The van der Waals surface area contributed by atoms with Crippen LogP contribution in [0, 0.1) is 22.7 Å². The largest absolute Gasteiger partial charge is 0.397 e. The molecule has 1 heterocycles. The van der Waals surface area contributed by atoms with Gasteiger partial charge in [-0.3, -0.25) is 0 Å². The molecule has 0 spiro atoms. The fourth-order valence-corrected chi connectivity index (χ4v) is 1.08. The Balaban J connectivity index is 3.36. The van der Waals surface area contributed by atoms with Crippen LogP contribution in [0.15, 0.2) is 6.07 Å². The maximum atomic E-state index is 12.4. The molecule has 0 aliphatic heterocycles. The van der Waals surface area contributed by atoms with Gasteiger partial charge in [0.15, 0.2) is 0 Å². The first-order valence-electron chi connectivity index (χ1n) is 3.94. The van der Waals surface area contributed by atoms with E-state index in [4.69, 9.17) is 16.3 Å². The summed E-state index contributed by atoms with van der Waals surface area (Å²) >= 11 is 0. The van der Waals surface area contributed by atoms with Crippen molar-refractivity contribution in [1.82, 2.24) is 4.98 Å². The van der Waals surface area contributed by atoms with Crippen molar-refractivity contribution in [2.24, 2.45) is 0 Å². The van der Waals surface area contributed by atoms with Gasteiger partial charge in [0.05, 0.1) is 18.2 Å². The molecule has 0 bridgehead atoms. The number of alkyl halides is 2. The quantitative estimate of drug-likeness (QED) is 0.798. The Bertz CT molecular complexity index is 456. The third-order valence-corrected chi connectivity index (χ3v) is 1.76. The van der Waals surface area contributed by atoms with Crippen molar-refractivity contribution < 1.29 is 8.78 Å². The van der Waals surface area contributed by atoms with E-state index in [9.17, 15) is 8.78 Å². The number of halogens is 2. The molecule has 2 N–H and O–H groups in total. The number of nitrogens with zero attached hydrogens (tertiary/aromatic N) is 3. The van der Waals surface area contributed by atoms with Gasteiger partial charge in [0.1, 0.15) is 17.5 Å². The minimum atomic E-state index is -2.85. The Morgan fingerprint density at radius 3 is 2.60 bits per heavy atom. The van der Waals surface area contributed by atoms with Gasteiger partial charge in [-0.05, 0) is 11.6 Å². The number of pyridine rings is 1. The lowest BCUT2D eigenvalue weighted by Gasteiger charge is -2.07. The van der Waals surface area contributed by atoms with Crippen molar-refractivity contribution >= 4 is 5.69 Å². The number of anilines is 1. The van der Waals surface area contributed by atoms with Gasteiger partial charge in [-0.15, -0.1) is 0 Å². The van der Waals surface area contributed by atoms with Crippen LogP contribution in [0.1, 0.15) is 23.4 Å². The van der Waals surface area contributed by atoms with E-state index in [2.05, 4.69) is 4.98 Å². The predicted molar refractivity (Wildman–Crippen MR) is 47.6 cm³/mol. The lowest BCUT2D eigenvalue weighted by atomic mass is 10.1. The van der Waals surface area contributed by atoms with Gasteiger partial charge in [-0.25, -0.2) is 13.8 Å². The van der Waals surface area contributed by atoms with E-state index in [1.807, 2.05) is 0 Å². The Kier molecular flexibility index (Phi) is 3.14. The molecule has 0 fully saturated rings. The number of hydrogen-bond acceptors (Lipinski definition) is 4. The standard InChI is InChI=1S/C9H6F2N4/c10-9(11)8-7(14)5(1-2-12)3-6(4-13)15-8/h3,9H,1,14H2. The molecule has 0 aliphatic carbocycles. The Morgan fingerprint density at radius 2 is 2.13 bits per heavy atom. The van der Waals surface area contributed by atoms with E-state index in [0.717, 1.165) is 0 Å². The van der Waals surface area contributed by atoms with Gasteiger partial charge in [0.25, 0.3) is 6.43 Å². The van der Waals surface area contributed by atoms with Crippen molar-refractivity contribution in [2.45, 2.75) is 12.8 Å². The zero-order chi connectivity index (χ0) is 11.4. The molecule has 1 aromatic heterocycles. The Labute approximate surface area is 84.6 Å². The maximum Gasteiger partial charge on any atom is 0.282 e. The lowest BCUT2D eigenvalue weighted by molar-refractivity contribution is 0.147. The molecule has 15 heavy (non-hydrogen) atoms. The lowest BCUT2D eigenvalue weighted by Crippen LogP contribution is -2.05. The topological polar surface area (TPSA) is 86.5 Å². The summed E-state index contributed by atoms with van der Waals surface area (Å²) < 4.78 is 24.9. The fourth-order valence-electron chi connectivity index (χ4n) is 1.08. The highest BCUT2D eigenvalue weighted by Gasteiger charge is 2.17. The van der Waals surface area contributed by atoms with Crippen LogP contribution in [0.3, 0.4) is 0 Å². The Hall–Kier alpha value is -2.21. The summed E-state index contributed by atoms with van der Waals surface area (Å²) in [4.78, 5) is 3.39. The first kappa shape index (κ1) is 10.9. The van der Waals surface area contributed by atoms with E-state index in [-0.39, 0.29) is 23.4 Å². The molecular weight excluding hydrogens is 202 g/mol. The summed E-state index contributed by atoms with van der Waals surface area (Å²) in [6, 6.07) is 4.66. The number of hydrogen-bond donors (Lipinski definition) is 1. The third-order valence-electron chi connectivity index (χ3n) is 1.76. The highest BCUT2D eigenvalue weighted by molar-refractivity contribution is 5.54. The zero-order valence-corrected chi connectivity index (χ0v) is 7.54. The molecule has 6 heteroatoms. The van der Waals surface area contributed by atoms with Crippen molar-refractivity contribution in [2.75, 3.05) is 5.73 Å². The highest BCUT2D eigenvalue weighted by atomic mass is 19.3. The van der Waals surface area contributed by atoms with Crippen LogP contribution >= 0.6 is 0 Å². The highest BCUT2D eigenvalue weighted by Crippen LogP contribution is 2.26. The van der Waals surface area contributed by atoms with E-state index in [1.165, 1.54) is 6.07 Å². The summed E-state index contributed by atoms with van der Waals surface area (Å²) in [7, 11) is 0. The van der Waals surface area contributed by atoms with Crippen molar-refractivity contribution in [3.05, 3.63) is 23.0 Å². The summed E-state index contributed by atoms with van der Waals surface area (Å²) in [6.07, 6.45) is -2.97. The molecule has 0 amide bonds. The molecule has 1 rings (SSSR count). The van der Waals surface area contributed by atoms with Crippen LogP contribution in [0.25, 0.3) is 0 Å². The second-order valence-electron chi connectivity index (χ2n) is 2.71. The average Bonchev–Trinajstić information content (AvgIpc) is 2.21. The van der Waals surface area contributed by atoms with Gasteiger partial charge in [-0.2, -0.15) is 10.5 Å². The minimum absolute atomic E-state index is 0.122. The molecule has 1 aromatic rings. The molecule has 76 valence electrons. The second-order valence-corrected chi connectivity index (χ2v) is 2.71. The molecule has 0 atom stereocenters. The van der Waals surface area contributed by atoms with Crippen molar-refractivity contribution in [3.8, 4) is 12.1 Å². The molecule has 0 saturated carbocycles. The van der Waals surface area contributed by atoms with Crippen molar-refractivity contribution in [1.29, 1.82) is 10.5 Å². The molecule has 0 unspecified atom stereocenters. The van der Waals surface area contributed by atoms with Crippen LogP contribution in [-0.4, -0.2) is 4.98 Å². The van der Waals surface area contributed by atoms with E-state index in [0.29, 0.717) is 0 Å².